The van der Waals surface area contributed by atoms with Gasteiger partial charge in [0.15, 0.2) is 0 Å². The minimum absolute atomic E-state index is 0.641. The fraction of sp³-hybridized carbons (Fsp3) is 0.500. The first-order valence-corrected chi connectivity index (χ1v) is 3.96. The molecular formula is C10H17N. The summed E-state index contributed by atoms with van der Waals surface area (Å²) in [5.41, 5.74) is 1.15. The van der Waals surface area contributed by atoms with E-state index in [9.17, 15) is 0 Å². The summed E-state index contributed by atoms with van der Waals surface area (Å²) in [4.78, 5) is 4.25. The maximum atomic E-state index is 4.25. The lowest BCUT2D eigenvalue weighted by Crippen LogP contribution is -1.92. The number of nitrogens with zero attached hydrogens (tertiary/aromatic N) is 1. The zero-order valence-corrected chi connectivity index (χ0v) is 7.67. The Morgan fingerprint density at radius 2 is 2.18 bits per heavy atom. The van der Waals surface area contributed by atoms with Crippen molar-refractivity contribution in [3.05, 3.63) is 24.3 Å². The Bertz CT molecular complexity index is 164. The molecule has 0 saturated heterocycles. The zero-order valence-electron chi connectivity index (χ0n) is 7.67. The van der Waals surface area contributed by atoms with Gasteiger partial charge in [0.25, 0.3) is 0 Å². The molecule has 0 aromatic rings. The summed E-state index contributed by atoms with van der Waals surface area (Å²) in [5.74, 6) is 0.641. The molecule has 0 aromatic heterocycles. The number of allylic oxidation sites excluding steroid dienone is 3. The Kier molecular flexibility index (Phi) is 5.44. The average Bonchev–Trinajstić information content (AvgIpc) is 1.87. The first-order valence-electron chi connectivity index (χ1n) is 3.96. The molecule has 1 nitrogen and oxygen atoms in total. The van der Waals surface area contributed by atoms with Gasteiger partial charge in [0.1, 0.15) is 0 Å². The first-order chi connectivity index (χ1) is 5.16. The molecule has 0 bridgehead atoms. The smallest absolute Gasteiger partial charge is 0.0412 e. The summed E-state index contributed by atoms with van der Waals surface area (Å²) >= 11 is 0. The van der Waals surface area contributed by atoms with E-state index < -0.39 is 0 Å². The standard InChI is InChI=1S/C10H17N/c1-5-6-10(4)8-11-7-9(2)3/h5-6,8-9H,1,7H2,2-4H3/b10-6-,11-8-. The SMILES string of the molecule is C=C/C=C(C)\C=N/CC(C)C. The van der Waals surface area contributed by atoms with Crippen molar-refractivity contribution in [3.8, 4) is 0 Å². The Labute approximate surface area is 69.5 Å². The Morgan fingerprint density at radius 3 is 2.64 bits per heavy atom. The number of rotatable bonds is 4. The highest BCUT2D eigenvalue weighted by Gasteiger charge is 1.87. The van der Waals surface area contributed by atoms with Crippen LogP contribution in [0.4, 0.5) is 0 Å². The van der Waals surface area contributed by atoms with Gasteiger partial charge in [-0.2, -0.15) is 0 Å². The molecule has 0 unspecified atom stereocenters. The van der Waals surface area contributed by atoms with Crippen molar-refractivity contribution in [2.75, 3.05) is 6.54 Å². The van der Waals surface area contributed by atoms with Crippen molar-refractivity contribution in [3.63, 3.8) is 0 Å². The fourth-order valence-electron chi connectivity index (χ4n) is 0.636. The van der Waals surface area contributed by atoms with Crippen molar-refractivity contribution >= 4 is 6.21 Å². The lowest BCUT2D eigenvalue weighted by atomic mass is 10.2. The molecule has 0 aliphatic heterocycles. The van der Waals surface area contributed by atoms with Crippen molar-refractivity contribution < 1.29 is 0 Å². The van der Waals surface area contributed by atoms with Crippen molar-refractivity contribution in [2.24, 2.45) is 10.9 Å². The van der Waals surface area contributed by atoms with E-state index in [0.29, 0.717) is 5.92 Å². The minimum Gasteiger partial charge on any atom is -0.293 e. The highest BCUT2D eigenvalue weighted by molar-refractivity contribution is 5.78. The largest absolute Gasteiger partial charge is 0.293 e. The second-order valence-electron chi connectivity index (χ2n) is 3.03. The molecule has 1 heteroatoms. The third-order valence-electron chi connectivity index (χ3n) is 1.15. The van der Waals surface area contributed by atoms with E-state index in [2.05, 4.69) is 25.4 Å². The van der Waals surface area contributed by atoms with Gasteiger partial charge in [0, 0.05) is 12.8 Å². The quantitative estimate of drug-likeness (QED) is 0.433. The first kappa shape index (κ1) is 10.2. The molecule has 0 heterocycles. The average molecular weight is 151 g/mol. The van der Waals surface area contributed by atoms with Crippen molar-refractivity contribution in [2.45, 2.75) is 20.8 Å². The molecule has 0 amide bonds. The maximum absolute atomic E-state index is 4.25. The summed E-state index contributed by atoms with van der Waals surface area (Å²) < 4.78 is 0. The molecule has 0 aliphatic rings. The van der Waals surface area contributed by atoms with Gasteiger partial charge >= 0.3 is 0 Å². The van der Waals surface area contributed by atoms with E-state index in [1.165, 1.54) is 0 Å². The van der Waals surface area contributed by atoms with Crippen LogP contribution < -0.4 is 0 Å². The molecule has 0 spiro atoms. The Morgan fingerprint density at radius 1 is 1.55 bits per heavy atom. The van der Waals surface area contributed by atoms with Crippen molar-refractivity contribution in [1.82, 2.24) is 0 Å². The lowest BCUT2D eigenvalue weighted by molar-refractivity contribution is 0.667. The molecule has 0 fully saturated rings. The number of aliphatic imine (C=N–C) groups is 1. The van der Waals surface area contributed by atoms with E-state index in [4.69, 9.17) is 0 Å². The minimum atomic E-state index is 0.641. The molecule has 0 aromatic carbocycles. The van der Waals surface area contributed by atoms with Crippen LogP contribution in [0.5, 0.6) is 0 Å². The van der Waals surface area contributed by atoms with E-state index in [-0.39, 0.29) is 0 Å². The molecule has 0 radical (unpaired) electrons. The maximum Gasteiger partial charge on any atom is 0.0412 e. The predicted octanol–water partition coefficient (Wildman–Crippen LogP) is 2.85. The normalized spacial score (nSPS) is 12.9. The van der Waals surface area contributed by atoms with E-state index >= 15 is 0 Å². The molecule has 0 aliphatic carbocycles. The Hall–Kier alpha value is -0.850. The van der Waals surface area contributed by atoms with Gasteiger partial charge in [-0.25, -0.2) is 0 Å². The zero-order chi connectivity index (χ0) is 8.69. The van der Waals surface area contributed by atoms with E-state index in [1.54, 1.807) is 6.08 Å². The van der Waals surface area contributed by atoms with Crippen LogP contribution in [0.2, 0.25) is 0 Å². The summed E-state index contributed by atoms with van der Waals surface area (Å²) in [5, 5.41) is 0. The van der Waals surface area contributed by atoms with Crippen molar-refractivity contribution in [1.29, 1.82) is 0 Å². The summed E-state index contributed by atoms with van der Waals surface area (Å²) in [6, 6.07) is 0. The molecule has 0 saturated carbocycles. The third-order valence-corrected chi connectivity index (χ3v) is 1.15. The molecular weight excluding hydrogens is 134 g/mol. The topological polar surface area (TPSA) is 12.4 Å². The molecule has 11 heavy (non-hydrogen) atoms. The summed E-state index contributed by atoms with van der Waals surface area (Å²) in [6.07, 6.45) is 5.61. The summed E-state index contributed by atoms with van der Waals surface area (Å²) in [6.45, 7) is 10.8. The van der Waals surface area contributed by atoms with Gasteiger partial charge in [-0.05, 0) is 18.4 Å². The van der Waals surface area contributed by atoms with Crippen LogP contribution in [0.25, 0.3) is 0 Å². The molecule has 0 rings (SSSR count). The van der Waals surface area contributed by atoms with Gasteiger partial charge in [-0.15, -0.1) is 0 Å². The van der Waals surface area contributed by atoms with E-state index in [1.807, 2.05) is 19.2 Å². The highest BCUT2D eigenvalue weighted by Crippen LogP contribution is 1.93. The van der Waals surface area contributed by atoms with Gasteiger partial charge in [-0.3, -0.25) is 4.99 Å². The van der Waals surface area contributed by atoms with Crippen LogP contribution in [0.1, 0.15) is 20.8 Å². The van der Waals surface area contributed by atoms with Crippen LogP contribution in [0.15, 0.2) is 29.3 Å². The van der Waals surface area contributed by atoms with Crippen LogP contribution >= 0.6 is 0 Å². The number of hydrogen-bond acceptors (Lipinski definition) is 1. The van der Waals surface area contributed by atoms with Crippen LogP contribution in [-0.4, -0.2) is 12.8 Å². The Balaban J connectivity index is 3.73. The summed E-state index contributed by atoms with van der Waals surface area (Å²) in [7, 11) is 0. The van der Waals surface area contributed by atoms with Crippen LogP contribution in [0, 0.1) is 5.92 Å². The second-order valence-corrected chi connectivity index (χ2v) is 3.03. The van der Waals surface area contributed by atoms with Gasteiger partial charge in [0.2, 0.25) is 0 Å². The lowest BCUT2D eigenvalue weighted by Gasteiger charge is -1.96. The highest BCUT2D eigenvalue weighted by atomic mass is 14.7. The van der Waals surface area contributed by atoms with E-state index in [0.717, 1.165) is 12.1 Å². The van der Waals surface area contributed by atoms with Gasteiger partial charge in [-0.1, -0.05) is 32.6 Å². The van der Waals surface area contributed by atoms with Crippen LogP contribution in [-0.2, 0) is 0 Å². The molecule has 0 N–H and O–H groups in total. The third kappa shape index (κ3) is 7.04. The second kappa shape index (κ2) is 5.90. The molecule has 62 valence electrons. The predicted molar refractivity (Wildman–Crippen MR) is 52.2 cm³/mol. The molecule has 0 atom stereocenters. The fourth-order valence-corrected chi connectivity index (χ4v) is 0.636. The number of hydrogen-bond donors (Lipinski definition) is 0. The van der Waals surface area contributed by atoms with Gasteiger partial charge in [0.05, 0.1) is 0 Å². The van der Waals surface area contributed by atoms with Crippen LogP contribution in [0.3, 0.4) is 0 Å². The van der Waals surface area contributed by atoms with Gasteiger partial charge < -0.3 is 0 Å². The monoisotopic (exact) mass is 151 g/mol.